The molecular weight excluding hydrogens is 228 g/mol. The van der Waals surface area contributed by atoms with Crippen molar-refractivity contribution in [1.82, 2.24) is 4.90 Å². The zero-order valence-electron chi connectivity index (χ0n) is 9.39. The summed E-state index contributed by atoms with van der Waals surface area (Å²) in [5.41, 5.74) is 1.06. The molecule has 1 aromatic carbocycles. The Bertz CT molecular complexity index is 521. The van der Waals surface area contributed by atoms with Gasteiger partial charge in [0.1, 0.15) is 0 Å². The average molecular weight is 242 g/mol. The quantitative estimate of drug-likeness (QED) is 0.812. The van der Waals surface area contributed by atoms with E-state index in [4.69, 9.17) is 5.14 Å². The second-order valence-electron chi connectivity index (χ2n) is 3.72. The monoisotopic (exact) mass is 242 g/mol. The molecule has 2 N–H and O–H groups in total. The number of rotatable bonds is 2. The molecule has 0 aliphatic rings. The fourth-order valence-corrected chi connectivity index (χ4v) is 1.89. The van der Waals surface area contributed by atoms with Gasteiger partial charge in [0.2, 0.25) is 10.0 Å². The van der Waals surface area contributed by atoms with E-state index < -0.39 is 10.0 Å². The molecule has 5 nitrogen and oxygen atoms in total. The first kappa shape index (κ1) is 12.7. The molecule has 6 heteroatoms. The van der Waals surface area contributed by atoms with Crippen LogP contribution < -0.4 is 5.14 Å². The first-order valence-corrected chi connectivity index (χ1v) is 6.13. The van der Waals surface area contributed by atoms with Crippen molar-refractivity contribution in [3.8, 4) is 0 Å². The number of amides is 1. The third kappa shape index (κ3) is 2.59. The Balaban J connectivity index is 3.26. The summed E-state index contributed by atoms with van der Waals surface area (Å²) in [6, 6.07) is 4.20. The molecule has 0 saturated heterocycles. The highest BCUT2D eigenvalue weighted by Crippen LogP contribution is 2.15. The minimum absolute atomic E-state index is 0.0142. The highest BCUT2D eigenvalue weighted by atomic mass is 32.2. The van der Waals surface area contributed by atoms with Gasteiger partial charge in [-0.25, -0.2) is 13.6 Å². The van der Waals surface area contributed by atoms with Crippen LogP contribution in [0.25, 0.3) is 0 Å². The SMILES string of the molecule is Cc1cc(S(N)(=O)=O)ccc1C(=O)N(C)C. The largest absolute Gasteiger partial charge is 0.345 e. The van der Waals surface area contributed by atoms with Gasteiger partial charge >= 0.3 is 0 Å². The van der Waals surface area contributed by atoms with Crippen LogP contribution in [0.2, 0.25) is 0 Å². The molecule has 0 aromatic heterocycles. The number of primary sulfonamides is 1. The first-order valence-electron chi connectivity index (χ1n) is 4.58. The van der Waals surface area contributed by atoms with Gasteiger partial charge in [-0.15, -0.1) is 0 Å². The van der Waals surface area contributed by atoms with E-state index in [0.29, 0.717) is 11.1 Å². The van der Waals surface area contributed by atoms with Crippen molar-refractivity contribution in [1.29, 1.82) is 0 Å². The van der Waals surface area contributed by atoms with Crippen LogP contribution in [0.5, 0.6) is 0 Å². The van der Waals surface area contributed by atoms with Gasteiger partial charge in [-0.1, -0.05) is 0 Å². The molecule has 16 heavy (non-hydrogen) atoms. The van der Waals surface area contributed by atoms with Crippen LogP contribution in [0.15, 0.2) is 23.1 Å². The van der Waals surface area contributed by atoms with Crippen LogP contribution in [0.4, 0.5) is 0 Å². The maximum Gasteiger partial charge on any atom is 0.253 e. The van der Waals surface area contributed by atoms with Gasteiger partial charge in [0.05, 0.1) is 4.90 Å². The molecule has 0 unspecified atom stereocenters. The standard InChI is InChI=1S/C10H14N2O3S/c1-7-6-8(16(11,14)15)4-5-9(7)10(13)12(2)3/h4-6H,1-3H3,(H2,11,14,15). The molecule has 0 atom stereocenters. The molecule has 1 rings (SSSR count). The normalized spacial score (nSPS) is 11.2. The van der Waals surface area contributed by atoms with Gasteiger partial charge in [-0.3, -0.25) is 4.79 Å². The summed E-state index contributed by atoms with van der Waals surface area (Å²) in [6.07, 6.45) is 0. The molecule has 1 aromatic rings. The summed E-state index contributed by atoms with van der Waals surface area (Å²) < 4.78 is 22.2. The molecular formula is C10H14N2O3S. The summed E-state index contributed by atoms with van der Waals surface area (Å²) in [5.74, 6) is -0.168. The molecule has 0 radical (unpaired) electrons. The third-order valence-corrected chi connectivity index (χ3v) is 3.07. The highest BCUT2D eigenvalue weighted by Gasteiger charge is 2.14. The summed E-state index contributed by atoms with van der Waals surface area (Å²) in [6.45, 7) is 1.67. The lowest BCUT2D eigenvalue weighted by Crippen LogP contribution is -2.23. The summed E-state index contributed by atoms with van der Waals surface area (Å²) >= 11 is 0. The van der Waals surface area contributed by atoms with Crippen LogP contribution >= 0.6 is 0 Å². The summed E-state index contributed by atoms with van der Waals surface area (Å²) in [5, 5.41) is 4.99. The van der Waals surface area contributed by atoms with Gasteiger partial charge in [0.15, 0.2) is 0 Å². The van der Waals surface area contributed by atoms with E-state index in [1.54, 1.807) is 21.0 Å². The van der Waals surface area contributed by atoms with Crippen LogP contribution in [0.3, 0.4) is 0 Å². The zero-order valence-corrected chi connectivity index (χ0v) is 10.2. The molecule has 88 valence electrons. The topological polar surface area (TPSA) is 80.5 Å². The van der Waals surface area contributed by atoms with Crippen molar-refractivity contribution >= 4 is 15.9 Å². The van der Waals surface area contributed by atoms with E-state index in [-0.39, 0.29) is 10.8 Å². The Labute approximate surface area is 94.9 Å². The van der Waals surface area contributed by atoms with Crippen LogP contribution in [0.1, 0.15) is 15.9 Å². The number of benzene rings is 1. The van der Waals surface area contributed by atoms with E-state index in [9.17, 15) is 13.2 Å². The van der Waals surface area contributed by atoms with Crippen molar-refractivity contribution in [3.63, 3.8) is 0 Å². The smallest absolute Gasteiger partial charge is 0.253 e. The third-order valence-electron chi connectivity index (χ3n) is 2.16. The van der Waals surface area contributed by atoms with Crippen molar-refractivity contribution in [3.05, 3.63) is 29.3 Å². The number of hydrogen-bond acceptors (Lipinski definition) is 3. The highest BCUT2D eigenvalue weighted by molar-refractivity contribution is 7.89. The molecule has 0 spiro atoms. The van der Waals surface area contributed by atoms with Crippen LogP contribution in [0, 0.1) is 6.92 Å². The van der Waals surface area contributed by atoms with Gasteiger partial charge in [0.25, 0.3) is 5.91 Å². The molecule has 0 bridgehead atoms. The van der Waals surface area contributed by atoms with Crippen molar-refractivity contribution in [2.24, 2.45) is 5.14 Å². The maximum absolute atomic E-state index is 11.7. The van der Waals surface area contributed by atoms with E-state index in [1.165, 1.54) is 23.1 Å². The zero-order chi connectivity index (χ0) is 12.5. The summed E-state index contributed by atoms with van der Waals surface area (Å²) in [7, 11) is -0.444. The van der Waals surface area contributed by atoms with Gasteiger partial charge in [-0.2, -0.15) is 0 Å². The van der Waals surface area contributed by atoms with Crippen LogP contribution in [-0.2, 0) is 10.0 Å². The predicted octanol–water partition coefficient (Wildman–Crippen LogP) is 0.344. The minimum Gasteiger partial charge on any atom is -0.345 e. The molecule has 0 aliphatic heterocycles. The van der Waals surface area contributed by atoms with Crippen molar-refractivity contribution in [2.75, 3.05) is 14.1 Å². The van der Waals surface area contributed by atoms with Gasteiger partial charge in [0, 0.05) is 19.7 Å². The van der Waals surface area contributed by atoms with E-state index >= 15 is 0 Å². The fraction of sp³-hybridized carbons (Fsp3) is 0.300. The molecule has 0 heterocycles. The van der Waals surface area contributed by atoms with Gasteiger partial charge < -0.3 is 4.90 Å². The Hall–Kier alpha value is -1.40. The number of nitrogens with two attached hydrogens (primary N) is 1. The van der Waals surface area contributed by atoms with Crippen molar-refractivity contribution in [2.45, 2.75) is 11.8 Å². The van der Waals surface area contributed by atoms with Crippen molar-refractivity contribution < 1.29 is 13.2 Å². The van der Waals surface area contributed by atoms with E-state index in [2.05, 4.69) is 0 Å². The Morgan fingerprint density at radius 1 is 1.31 bits per heavy atom. The lowest BCUT2D eigenvalue weighted by molar-refractivity contribution is 0.0827. The number of hydrogen-bond donors (Lipinski definition) is 1. The molecule has 0 aliphatic carbocycles. The number of sulfonamides is 1. The number of carbonyl (C=O) groups excluding carboxylic acids is 1. The Morgan fingerprint density at radius 2 is 1.88 bits per heavy atom. The Kier molecular flexibility index (Phi) is 3.35. The fourth-order valence-electron chi connectivity index (χ4n) is 1.29. The number of aryl methyl sites for hydroxylation is 1. The lowest BCUT2D eigenvalue weighted by atomic mass is 10.1. The minimum atomic E-state index is -3.71. The summed E-state index contributed by atoms with van der Waals surface area (Å²) in [4.78, 5) is 13.1. The number of nitrogens with zero attached hydrogens (tertiary/aromatic N) is 1. The second-order valence-corrected chi connectivity index (χ2v) is 5.28. The van der Waals surface area contributed by atoms with Gasteiger partial charge in [-0.05, 0) is 30.7 Å². The van der Waals surface area contributed by atoms with E-state index in [1.807, 2.05) is 0 Å². The first-order chi connectivity index (χ1) is 7.23. The lowest BCUT2D eigenvalue weighted by Gasteiger charge is -2.12. The number of carbonyl (C=O) groups is 1. The van der Waals surface area contributed by atoms with E-state index in [0.717, 1.165) is 0 Å². The maximum atomic E-state index is 11.7. The predicted molar refractivity (Wildman–Crippen MR) is 60.6 cm³/mol. The molecule has 0 fully saturated rings. The Morgan fingerprint density at radius 3 is 2.25 bits per heavy atom. The second kappa shape index (κ2) is 4.23. The van der Waals surface area contributed by atoms with Crippen LogP contribution in [-0.4, -0.2) is 33.3 Å². The molecule has 0 saturated carbocycles. The molecule has 1 amide bonds. The average Bonchev–Trinajstić information content (AvgIpc) is 2.15.